The van der Waals surface area contributed by atoms with E-state index in [0.717, 1.165) is 66.1 Å². The third-order valence-electron chi connectivity index (χ3n) is 9.65. The van der Waals surface area contributed by atoms with Crippen LogP contribution in [0.4, 0.5) is 0 Å². The van der Waals surface area contributed by atoms with E-state index in [1.165, 1.54) is 0 Å². The summed E-state index contributed by atoms with van der Waals surface area (Å²) in [5, 5.41) is 34.9. The molecule has 0 saturated carbocycles. The smallest absolute Gasteiger partial charge is 0.0998 e. The van der Waals surface area contributed by atoms with Crippen LogP contribution in [-0.2, 0) is 0 Å². The lowest BCUT2D eigenvalue weighted by Crippen LogP contribution is -1.98. The molecule has 9 aromatic rings. The summed E-state index contributed by atoms with van der Waals surface area (Å²) >= 11 is 0. The van der Waals surface area contributed by atoms with Crippen molar-refractivity contribution < 1.29 is 0 Å². The molecular weight excluding hydrogens is 611 g/mol. The van der Waals surface area contributed by atoms with Gasteiger partial charge in [-0.2, -0.15) is 15.8 Å². The summed E-state index contributed by atoms with van der Waals surface area (Å²) in [7, 11) is 0. The first-order valence-electron chi connectivity index (χ1n) is 16.3. The largest absolute Gasteiger partial charge is 0.309 e. The molecule has 9 rings (SSSR count). The van der Waals surface area contributed by atoms with E-state index in [9.17, 15) is 15.8 Å². The lowest BCUT2D eigenvalue weighted by Gasteiger charge is -2.16. The maximum atomic E-state index is 10.5. The number of nitrogens with zero attached hydrogens (tertiary/aromatic N) is 5. The number of aromatic nitrogens is 2. The SMILES string of the molecule is N#Cc1ccc2c(c1)c1ccccc1n2-c1ccccc1-c1ccc(-c2ccc(-n3c4ccccc4c4ccccc43)cc2C#N)c(C#N)c1. The molecule has 0 atom stereocenters. The third kappa shape index (κ3) is 4.31. The van der Waals surface area contributed by atoms with Crippen LogP contribution in [0, 0.1) is 34.0 Å². The van der Waals surface area contributed by atoms with Crippen molar-refractivity contribution in [3.05, 3.63) is 168 Å². The fourth-order valence-corrected chi connectivity index (χ4v) is 7.45. The summed E-state index contributed by atoms with van der Waals surface area (Å²) < 4.78 is 4.42. The molecular formula is C45H25N5. The van der Waals surface area contributed by atoms with Gasteiger partial charge in [-0.25, -0.2) is 0 Å². The standard InChI is InChI=1S/C45H25N5/c46-26-29-17-22-45-40(23-29)39-12-4-8-16-44(39)50(45)41-13-5-1-9-36(41)30-18-20-34(31(24-30)27-47)35-21-19-33(25-32(35)28-48)49-42-14-6-2-10-37(42)38-11-3-7-15-43(38)49/h1-25H. The van der Waals surface area contributed by atoms with Crippen LogP contribution in [0.25, 0.3) is 77.2 Å². The van der Waals surface area contributed by atoms with Gasteiger partial charge in [0.25, 0.3) is 0 Å². The Morgan fingerprint density at radius 1 is 0.380 bits per heavy atom. The normalized spacial score (nSPS) is 11.1. The summed E-state index contributed by atoms with van der Waals surface area (Å²) in [5.74, 6) is 0. The minimum atomic E-state index is 0.485. The van der Waals surface area contributed by atoms with Crippen molar-refractivity contribution in [3.63, 3.8) is 0 Å². The predicted molar refractivity (Wildman–Crippen MR) is 200 cm³/mol. The highest BCUT2D eigenvalue weighted by molar-refractivity contribution is 6.11. The fraction of sp³-hybridized carbons (Fsp3) is 0. The van der Waals surface area contributed by atoms with Crippen LogP contribution in [0.15, 0.2) is 152 Å². The van der Waals surface area contributed by atoms with E-state index >= 15 is 0 Å². The van der Waals surface area contributed by atoms with Gasteiger partial charge in [-0.3, -0.25) is 0 Å². The van der Waals surface area contributed by atoms with Gasteiger partial charge in [0.15, 0.2) is 0 Å². The molecule has 0 fully saturated rings. The molecule has 0 N–H and O–H groups in total. The monoisotopic (exact) mass is 635 g/mol. The maximum Gasteiger partial charge on any atom is 0.0998 e. The first-order chi connectivity index (χ1) is 24.7. The Bertz CT molecular complexity index is 2920. The van der Waals surface area contributed by atoms with Gasteiger partial charge in [-0.1, -0.05) is 91.0 Å². The molecule has 0 radical (unpaired) electrons. The number of fused-ring (bicyclic) bond motifs is 6. The average Bonchev–Trinajstić information content (AvgIpc) is 3.70. The van der Waals surface area contributed by atoms with Gasteiger partial charge >= 0.3 is 0 Å². The highest BCUT2D eigenvalue weighted by Gasteiger charge is 2.19. The minimum Gasteiger partial charge on any atom is -0.309 e. The van der Waals surface area contributed by atoms with E-state index in [1.54, 1.807) is 0 Å². The van der Waals surface area contributed by atoms with Crippen LogP contribution in [-0.4, -0.2) is 9.13 Å². The topological polar surface area (TPSA) is 81.2 Å². The first kappa shape index (κ1) is 28.8. The Morgan fingerprint density at radius 3 is 1.58 bits per heavy atom. The van der Waals surface area contributed by atoms with Gasteiger partial charge < -0.3 is 9.13 Å². The zero-order valence-corrected chi connectivity index (χ0v) is 26.7. The third-order valence-corrected chi connectivity index (χ3v) is 9.65. The number of hydrogen-bond donors (Lipinski definition) is 0. The highest BCUT2D eigenvalue weighted by Crippen LogP contribution is 2.39. The van der Waals surface area contributed by atoms with Crippen molar-refractivity contribution in [2.45, 2.75) is 0 Å². The molecule has 2 aromatic heterocycles. The summed E-state index contributed by atoms with van der Waals surface area (Å²) in [6.07, 6.45) is 0. The zero-order valence-electron chi connectivity index (χ0n) is 26.7. The second-order valence-corrected chi connectivity index (χ2v) is 12.3. The van der Waals surface area contributed by atoms with Crippen LogP contribution < -0.4 is 0 Å². The van der Waals surface area contributed by atoms with Crippen LogP contribution in [0.1, 0.15) is 16.7 Å². The van der Waals surface area contributed by atoms with Gasteiger partial charge in [0.1, 0.15) is 0 Å². The predicted octanol–water partition coefficient (Wildman–Crippen LogP) is 10.8. The average molecular weight is 636 g/mol. The van der Waals surface area contributed by atoms with Gasteiger partial charge in [-0.15, -0.1) is 0 Å². The van der Waals surface area contributed by atoms with E-state index in [2.05, 4.69) is 75.9 Å². The molecule has 0 amide bonds. The van der Waals surface area contributed by atoms with E-state index < -0.39 is 0 Å². The quantitative estimate of drug-likeness (QED) is 0.193. The molecule has 0 unspecified atom stereocenters. The molecule has 5 nitrogen and oxygen atoms in total. The van der Waals surface area contributed by atoms with E-state index in [0.29, 0.717) is 27.8 Å². The van der Waals surface area contributed by atoms with Gasteiger partial charge in [0, 0.05) is 43.9 Å². The second-order valence-electron chi connectivity index (χ2n) is 12.3. The number of benzene rings is 7. The summed E-state index contributed by atoms with van der Waals surface area (Å²) in [5.41, 5.74) is 10.9. The Labute approximate surface area is 287 Å². The molecule has 0 aliphatic heterocycles. The zero-order chi connectivity index (χ0) is 33.8. The molecule has 2 heterocycles. The second kappa shape index (κ2) is 11.4. The van der Waals surface area contributed by atoms with Crippen molar-refractivity contribution in [2.24, 2.45) is 0 Å². The van der Waals surface area contributed by atoms with Crippen LogP contribution in [0.2, 0.25) is 0 Å². The van der Waals surface area contributed by atoms with Crippen molar-refractivity contribution in [2.75, 3.05) is 0 Å². The van der Waals surface area contributed by atoms with Crippen LogP contribution in [0.5, 0.6) is 0 Å². The van der Waals surface area contributed by atoms with Gasteiger partial charge in [-0.05, 0) is 66.2 Å². The summed E-state index contributed by atoms with van der Waals surface area (Å²) in [6.45, 7) is 0. The van der Waals surface area contributed by atoms with Crippen molar-refractivity contribution in [3.8, 4) is 51.8 Å². The summed E-state index contributed by atoms with van der Waals surface area (Å²) in [6, 6.07) is 57.7. The molecule has 0 bridgehead atoms. The molecule has 7 aromatic carbocycles. The molecule has 5 heteroatoms. The maximum absolute atomic E-state index is 10.5. The van der Waals surface area contributed by atoms with Crippen molar-refractivity contribution >= 4 is 43.6 Å². The highest BCUT2D eigenvalue weighted by atomic mass is 15.0. The Morgan fingerprint density at radius 2 is 0.920 bits per heavy atom. The Hall–Kier alpha value is -7.39. The van der Waals surface area contributed by atoms with Crippen LogP contribution in [0.3, 0.4) is 0 Å². The number of hydrogen-bond acceptors (Lipinski definition) is 3. The molecule has 230 valence electrons. The Kier molecular flexibility index (Phi) is 6.56. The van der Waals surface area contributed by atoms with Crippen molar-refractivity contribution in [1.82, 2.24) is 9.13 Å². The van der Waals surface area contributed by atoms with Gasteiger partial charge in [0.05, 0.1) is 62.7 Å². The Balaban J connectivity index is 1.18. The number of para-hydroxylation sites is 4. The van der Waals surface area contributed by atoms with Crippen LogP contribution >= 0.6 is 0 Å². The summed E-state index contributed by atoms with van der Waals surface area (Å²) in [4.78, 5) is 0. The molecule has 0 spiro atoms. The first-order valence-corrected chi connectivity index (χ1v) is 16.3. The lowest BCUT2D eigenvalue weighted by molar-refractivity contribution is 1.18. The molecule has 0 saturated heterocycles. The molecule has 50 heavy (non-hydrogen) atoms. The molecule has 0 aliphatic rings. The molecule has 0 aliphatic carbocycles. The van der Waals surface area contributed by atoms with E-state index in [-0.39, 0.29) is 0 Å². The van der Waals surface area contributed by atoms with Gasteiger partial charge in [0.2, 0.25) is 0 Å². The number of rotatable bonds is 4. The van der Waals surface area contributed by atoms with E-state index in [1.807, 2.05) is 103 Å². The number of nitriles is 3. The lowest BCUT2D eigenvalue weighted by atomic mass is 9.92. The van der Waals surface area contributed by atoms with E-state index in [4.69, 9.17) is 0 Å². The van der Waals surface area contributed by atoms with Crippen molar-refractivity contribution in [1.29, 1.82) is 15.8 Å². The minimum absolute atomic E-state index is 0.485. The fourth-order valence-electron chi connectivity index (χ4n) is 7.45.